The monoisotopic (exact) mass is 1060 g/mol. The fraction of sp³-hybridized carbons (Fsp3) is 0.872. The van der Waals surface area contributed by atoms with Crippen LogP contribution in [0.2, 0.25) is 0 Å². The first-order valence-corrected chi connectivity index (χ1v) is 25.4. The van der Waals surface area contributed by atoms with Crippen molar-refractivity contribution in [3.8, 4) is 0 Å². The largest absolute Gasteiger partial charge is 0.481 e. The number of halogens is 7. The zero-order valence-electron chi connectivity index (χ0n) is 38.6. The molecule has 2 amide bonds. The van der Waals surface area contributed by atoms with Gasteiger partial charge in [-0.15, -0.1) is 12.4 Å². The van der Waals surface area contributed by atoms with E-state index in [2.05, 4.69) is 0 Å². The van der Waals surface area contributed by atoms with Crippen LogP contribution in [-0.4, -0.2) is 110 Å². The van der Waals surface area contributed by atoms with Gasteiger partial charge in [-0.25, -0.2) is 56.7 Å². The number of nitrogens with one attached hydrogen (secondary N) is 2. The van der Waals surface area contributed by atoms with Gasteiger partial charge in [0, 0.05) is 17.8 Å². The Labute approximate surface area is 393 Å². The molecular formula is C39H63ClF6N4O14S3. The van der Waals surface area contributed by atoms with E-state index in [-0.39, 0.29) is 31.7 Å². The van der Waals surface area contributed by atoms with E-state index in [1.54, 1.807) is 48.5 Å². The van der Waals surface area contributed by atoms with Crippen molar-refractivity contribution in [1.82, 2.24) is 9.44 Å². The molecule has 6 atom stereocenters. The summed E-state index contributed by atoms with van der Waals surface area (Å²) in [5.41, 5.74) is -1.19. The number of hydrogen-bond donors (Lipinski definition) is 5. The molecule has 0 aromatic rings. The number of carbonyl (C=O) groups excluding carboxylic acids is 4. The minimum Gasteiger partial charge on any atom is -0.481 e. The van der Waals surface area contributed by atoms with Gasteiger partial charge in [0.2, 0.25) is 55.3 Å². The standard InChI is InChI=1S/C15H23F2NO5S.C11H16F2O4.C9H14F2N2O3S.C4H9NO2S.ClH/c1-13(2,3)23-10(19)8-15(7-9(15)11(16)17)12(20)18-24(21,22)14(4)5-6-14;1-10(2,3)17-7(14)5-11(9(15)16)4-6(11)8(12)13;1-8(2-3-8)17(15,16)13-7(14)9(12)4-5(9)6(10)11;1-4(2-3-4)8(5,6)7;/h9,11H,5-8H2,1-4H3,(H,18,20);6,8H,4-5H2,1-3H3,(H,15,16);5-6H,2-4,12H2,1H3,(H,13,14);2-3H2,1H3,(H2,5,6,7);1H/t9-,15+;6-,11+;5-,9+;;/m000../s1. The summed E-state index contributed by atoms with van der Waals surface area (Å²) in [4.78, 5) is 58.4. The van der Waals surface area contributed by atoms with Crippen LogP contribution in [0.5, 0.6) is 0 Å². The maximum atomic E-state index is 13.1. The topological polar surface area (TPSA) is 303 Å². The first-order chi connectivity index (χ1) is 29.4. The number of sulfonamides is 3. The number of carboxylic acids is 1. The molecule has 7 N–H and O–H groups in total. The third kappa shape index (κ3) is 14.8. The van der Waals surface area contributed by atoms with Crippen molar-refractivity contribution in [1.29, 1.82) is 0 Å². The number of alkyl halides is 6. The molecule has 0 aromatic carbocycles. The van der Waals surface area contributed by atoms with Gasteiger partial charge in [0.1, 0.15) is 16.7 Å². The maximum absolute atomic E-state index is 13.1. The van der Waals surface area contributed by atoms with Crippen LogP contribution >= 0.6 is 12.4 Å². The van der Waals surface area contributed by atoms with Crippen LogP contribution in [0.25, 0.3) is 0 Å². The summed E-state index contributed by atoms with van der Waals surface area (Å²) in [6, 6.07) is 0. The van der Waals surface area contributed by atoms with Gasteiger partial charge in [0.05, 0.1) is 37.9 Å². The third-order valence-corrected chi connectivity index (χ3v) is 18.7. The quantitative estimate of drug-likeness (QED) is 0.113. The van der Waals surface area contributed by atoms with Crippen molar-refractivity contribution >= 4 is 72.2 Å². The normalized spacial score (nSPS) is 29.0. The lowest BCUT2D eigenvalue weighted by atomic mass is 9.98. The molecule has 28 heteroatoms. The van der Waals surface area contributed by atoms with Gasteiger partial charge in [0.25, 0.3) is 5.91 Å². The number of carbonyl (C=O) groups is 5. The number of hydrogen-bond acceptors (Lipinski definition) is 14. The lowest BCUT2D eigenvalue weighted by Crippen LogP contribution is -2.50. The number of esters is 2. The highest BCUT2D eigenvalue weighted by Crippen LogP contribution is 2.60. The van der Waals surface area contributed by atoms with Crippen LogP contribution in [-0.2, 0) is 63.5 Å². The maximum Gasteiger partial charge on any atom is 0.310 e. The molecule has 6 aliphatic carbocycles. The second-order valence-electron chi connectivity index (χ2n) is 20.9. The van der Waals surface area contributed by atoms with Crippen molar-refractivity contribution in [3.05, 3.63) is 0 Å². The fourth-order valence-corrected chi connectivity index (χ4v) is 9.91. The highest BCUT2D eigenvalue weighted by atomic mass is 35.5. The molecular weight excluding hydrogens is 994 g/mol. The molecule has 390 valence electrons. The Kier molecular flexibility index (Phi) is 17.6. The Balaban J connectivity index is 0.000000321. The number of ether oxygens (including phenoxy) is 2. The molecule has 6 aliphatic rings. The van der Waals surface area contributed by atoms with E-state index < -0.39 is 151 Å². The molecule has 18 nitrogen and oxygen atoms in total. The van der Waals surface area contributed by atoms with Gasteiger partial charge in [0.15, 0.2) is 0 Å². The molecule has 0 spiro atoms. The Bertz CT molecular complexity index is 2250. The molecule has 67 heavy (non-hydrogen) atoms. The van der Waals surface area contributed by atoms with Crippen molar-refractivity contribution in [2.45, 2.75) is 183 Å². The number of aliphatic carboxylic acids is 1. The van der Waals surface area contributed by atoms with E-state index in [9.17, 15) is 75.6 Å². The lowest BCUT2D eigenvalue weighted by Gasteiger charge is -2.23. The number of nitrogens with two attached hydrogens (primary N) is 2. The zero-order chi connectivity index (χ0) is 51.5. The minimum absolute atomic E-state index is 0. The van der Waals surface area contributed by atoms with Crippen LogP contribution in [0.4, 0.5) is 26.3 Å². The van der Waals surface area contributed by atoms with E-state index in [1.165, 1.54) is 13.8 Å². The first kappa shape index (κ1) is 60.1. The van der Waals surface area contributed by atoms with Crippen molar-refractivity contribution in [3.63, 3.8) is 0 Å². The Morgan fingerprint density at radius 3 is 1.15 bits per heavy atom. The van der Waals surface area contributed by atoms with Crippen molar-refractivity contribution in [2.24, 2.45) is 39.5 Å². The summed E-state index contributed by atoms with van der Waals surface area (Å²) in [6.45, 7) is 14.4. The van der Waals surface area contributed by atoms with Gasteiger partial charge < -0.3 is 20.3 Å². The van der Waals surface area contributed by atoms with E-state index >= 15 is 0 Å². The highest BCUT2D eigenvalue weighted by molar-refractivity contribution is 7.92. The SMILES string of the molecule is CC(C)(C)OC(=O)C[C@]1(C(=O)NS(=O)(=O)C2(C)CC2)C[C@H]1C(F)F.CC(C)(C)OC(=O)C[C@]1(C(=O)O)C[C@H]1C(F)F.CC1(S(=O)(=O)NC(=O)[C@@]2(N)C[C@H]2C(F)F)CC1.CC1(S(N)(=O)=O)CC1.Cl. The predicted molar refractivity (Wildman–Crippen MR) is 230 cm³/mol. The number of rotatable bonds is 15. The zero-order valence-corrected chi connectivity index (χ0v) is 41.8. The first-order valence-electron chi connectivity index (χ1n) is 20.9. The molecule has 6 saturated carbocycles. The van der Waals surface area contributed by atoms with Crippen LogP contribution in [0.1, 0.15) is 133 Å². The molecule has 0 radical (unpaired) electrons. The second-order valence-corrected chi connectivity index (χ2v) is 27.4. The minimum atomic E-state index is -3.95. The summed E-state index contributed by atoms with van der Waals surface area (Å²) >= 11 is 0. The van der Waals surface area contributed by atoms with E-state index in [0.29, 0.717) is 25.7 Å². The predicted octanol–water partition coefficient (Wildman–Crippen LogP) is 4.28. The van der Waals surface area contributed by atoms with Crippen LogP contribution in [0.3, 0.4) is 0 Å². The molecule has 0 bridgehead atoms. The van der Waals surface area contributed by atoms with Crippen molar-refractivity contribution in [2.75, 3.05) is 0 Å². The number of primary sulfonamides is 1. The number of carboxylic acid groups (broad SMARTS) is 1. The Morgan fingerprint density at radius 1 is 0.597 bits per heavy atom. The van der Waals surface area contributed by atoms with Gasteiger partial charge in [-0.05, 0) is 120 Å². The lowest BCUT2D eigenvalue weighted by molar-refractivity contribution is -0.161. The molecule has 0 saturated heterocycles. The average molecular weight is 1060 g/mol. The summed E-state index contributed by atoms with van der Waals surface area (Å²) < 4.78 is 156. The number of amides is 2. The fourth-order valence-electron chi connectivity index (χ4n) is 6.58. The summed E-state index contributed by atoms with van der Waals surface area (Å²) in [6.07, 6.45) is -6.65. The Hall–Kier alpha value is -3.01. The molecule has 0 unspecified atom stereocenters. The molecule has 6 fully saturated rings. The smallest absolute Gasteiger partial charge is 0.310 e. The van der Waals surface area contributed by atoms with Crippen LogP contribution in [0.15, 0.2) is 0 Å². The van der Waals surface area contributed by atoms with E-state index in [4.69, 9.17) is 25.5 Å². The molecule has 0 heterocycles. The van der Waals surface area contributed by atoms with Crippen molar-refractivity contribution < 1.29 is 90.1 Å². The Morgan fingerprint density at radius 2 is 0.910 bits per heavy atom. The van der Waals surface area contributed by atoms with Gasteiger partial charge in [-0.3, -0.25) is 33.4 Å². The van der Waals surface area contributed by atoms with Crippen LogP contribution in [0, 0.1) is 28.6 Å². The molecule has 0 aliphatic heterocycles. The molecule has 0 aromatic heterocycles. The molecule has 6 rings (SSSR count). The van der Waals surface area contributed by atoms with Gasteiger partial charge in [-0.2, -0.15) is 0 Å². The summed E-state index contributed by atoms with van der Waals surface area (Å²) in [7, 11) is -11.0. The second kappa shape index (κ2) is 19.6. The third-order valence-electron chi connectivity index (χ3n) is 12.6. The highest BCUT2D eigenvalue weighted by Gasteiger charge is 2.68. The van der Waals surface area contributed by atoms with Gasteiger partial charge >= 0.3 is 17.9 Å². The van der Waals surface area contributed by atoms with Gasteiger partial charge in [-0.1, -0.05) is 0 Å². The average Bonchev–Trinajstić information content (AvgIpc) is 3.88. The van der Waals surface area contributed by atoms with E-state index in [0.717, 1.165) is 12.8 Å². The summed E-state index contributed by atoms with van der Waals surface area (Å²) in [5, 5.41) is 13.8. The van der Waals surface area contributed by atoms with E-state index in [1.807, 2.05) is 9.44 Å². The van der Waals surface area contributed by atoms with Crippen LogP contribution < -0.4 is 20.3 Å². The summed E-state index contributed by atoms with van der Waals surface area (Å²) in [5.74, 6) is -8.78.